The van der Waals surface area contributed by atoms with E-state index in [1.807, 2.05) is 12.1 Å². The normalized spacial score (nSPS) is 11.8. The third-order valence-electron chi connectivity index (χ3n) is 3.05. The van der Waals surface area contributed by atoms with Crippen molar-refractivity contribution in [1.82, 2.24) is 0 Å². The summed E-state index contributed by atoms with van der Waals surface area (Å²) in [4.78, 5) is 0.358. The minimum absolute atomic E-state index is 0.358. The smallest absolute Gasteiger partial charge is 0.175 e. The van der Waals surface area contributed by atoms with Crippen molar-refractivity contribution in [1.29, 1.82) is 0 Å². The van der Waals surface area contributed by atoms with Crippen molar-refractivity contribution in [2.75, 3.05) is 6.26 Å². The predicted molar refractivity (Wildman–Crippen MR) is 80.4 cm³/mol. The fraction of sp³-hybridized carbons (Fsp3) is 0.0667. The zero-order valence-corrected chi connectivity index (χ0v) is 12.0. The number of benzene rings is 2. The van der Waals surface area contributed by atoms with Crippen molar-refractivity contribution in [3.05, 3.63) is 53.9 Å². The molecule has 0 aliphatic heterocycles. The Morgan fingerprint density at radius 1 is 0.947 bits per heavy atom. The Morgan fingerprint density at radius 3 is 2.53 bits per heavy atom. The highest BCUT2D eigenvalue weighted by atomic mass is 32.2. The maximum Gasteiger partial charge on any atom is 0.175 e. The van der Waals surface area contributed by atoms with Crippen LogP contribution >= 0.6 is 11.3 Å². The molecule has 0 spiro atoms. The number of rotatable bonds is 2. The van der Waals surface area contributed by atoms with E-state index in [0.29, 0.717) is 4.90 Å². The summed E-state index contributed by atoms with van der Waals surface area (Å²) in [6.45, 7) is 0. The molecule has 0 amide bonds. The van der Waals surface area contributed by atoms with E-state index in [-0.39, 0.29) is 0 Å². The third-order valence-corrected chi connectivity index (χ3v) is 5.04. The van der Waals surface area contributed by atoms with Crippen LogP contribution in [0, 0.1) is 0 Å². The van der Waals surface area contributed by atoms with Crippen LogP contribution in [-0.4, -0.2) is 14.7 Å². The standard InChI is InChI=1S/C15H12O2S2/c1-19(16,17)14-4-2-3-12(9-14)13-6-5-11-7-8-18-15(11)10-13/h2-10H,1H3. The van der Waals surface area contributed by atoms with E-state index >= 15 is 0 Å². The van der Waals surface area contributed by atoms with E-state index in [1.165, 1.54) is 16.3 Å². The number of hydrogen-bond acceptors (Lipinski definition) is 3. The van der Waals surface area contributed by atoms with Gasteiger partial charge in [0.15, 0.2) is 9.84 Å². The zero-order chi connectivity index (χ0) is 13.5. The molecule has 0 fully saturated rings. The molecule has 0 unspecified atom stereocenters. The molecule has 96 valence electrons. The molecule has 3 rings (SSSR count). The average molecular weight is 288 g/mol. The molecule has 1 heterocycles. The summed E-state index contributed by atoms with van der Waals surface area (Å²) in [5, 5.41) is 3.27. The first kappa shape index (κ1) is 12.4. The largest absolute Gasteiger partial charge is 0.224 e. The highest BCUT2D eigenvalue weighted by Crippen LogP contribution is 2.28. The molecule has 2 nitrogen and oxygen atoms in total. The maximum absolute atomic E-state index is 11.6. The molecule has 0 saturated carbocycles. The highest BCUT2D eigenvalue weighted by molar-refractivity contribution is 7.90. The molecule has 0 atom stereocenters. The zero-order valence-electron chi connectivity index (χ0n) is 10.3. The van der Waals surface area contributed by atoms with Crippen molar-refractivity contribution in [2.45, 2.75) is 4.90 Å². The molecule has 4 heteroatoms. The Balaban J connectivity index is 2.15. The lowest BCUT2D eigenvalue weighted by molar-refractivity contribution is 0.602. The van der Waals surface area contributed by atoms with Gasteiger partial charge in [-0.1, -0.05) is 24.3 Å². The van der Waals surface area contributed by atoms with Crippen LogP contribution in [0.4, 0.5) is 0 Å². The summed E-state index contributed by atoms with van der Waals surface area (Å²) < 4.78 is 24.4. The predicted octanol–water partition coefficient (Wildman–Crippen LogP) is 3.97. The van der Waals surface area contributed by atoms with E-state index in [1.54, 1.807) is 29.5 Å². The summed E-state index contributed by atoms with van der Waals surface area (Å²) in [5.41, 5.74) is 1.97. The summed E-state index contributed by atoms with van der Waals surface area (Å²) in [6.07, 6.45) is 1.23. The Kier molecular flexibility index (Phi) is 2.92. The Bertz CT molecular complexity index is 845. The Hall–Kier alpha value is -1.65. The average Bonchev–Trinajstić information content (AvgIpc) is 2.85. The second kappa shape index (κ2) is 4.47. The van der Waals surface area contributed by atoms with Gasteiger partial charge >= 0.3 is 0 Å². The molecule has 3 aromatic rings. The van der Waals surface area contributed by atoms with E-state index in [4.69, 9.17) is 0 Å². The van der Waals surface area contributed by atoms with Gasteiger partial charge in [-0.15, -0.1) is 11.3 Å². The van der Waals surface area contributed by atoms with Crippen molar-refractivity contribution in [3.63, 3.8) is 0 Å². The van der Waals surface area contributed by atoms with Crippen LogP contribution in [0.1, 0.15) is 0 Å². The Labute approximate surface area is 116 Å². The van der Waals surface area contributed by atoms with Gasteiger partial charge in [0.25, 0.3) is 0 Å². The van der Waals surface area contributed by atoms with Crippen molar-refractivity contribution in [2.24, 2.45) is 0 Å². The van der Waals surface area contributed by atoms with Gasteiger partial charge in [0, 0.05) is 11.0 Å². The van der Waals surface area contributed by atoms with Crippen molar-refractivity contribution < 1.29 is 8.42 Å². The van der Waals surface area contributed by atoms with Crippen LogP contribution in [0.3, 0.4) is 0 Å². The van der Waals surface area contributed by atoms with Crippen LogP contribution in [0.15, 0.2) is 58.8 Å². The summed E-state index contributed by atoms with van der Waals surface area (Å²) in [6, 6.07) is 15.3. The molecule has 0 bridgehead atoms. The molecule has 0 aliphatic carbocycles. The first-order chi connectivity index (χ1) is 9.04. The van der Waals surface area contributed by atoms with E-state index < -0.39 is 9.84 Å². The molecule has 0 aliphatic rings. The fourth-order valence-corrected chi connectivity index (χ4v) is 3.54. The second-order valence-electron chi connectivity index (χ2n) is 4.47. The topological polar surface area (TPSA) is 34.1 Å². The summed E-state index contributed by atoms with van der Waals surface area (Å²) in [7, 11) is -3.16. The lowest BCUT2D eigenvalue weighted by Gasteiger charge is -2.04. The summed E-state index contributed by atoms with van der Waals surface area (Å²) in [5.74, 6) is 0. The fourth-order valence-electron chi connectivity index (χ4n) is 2.04. The van der Waals surface area contributed by atoms with Gasteiger partial charge in [-0.05, 0) is 46.2 Å². The minimum atomic E-state index is -3.16. The molecular formula is C15H12O2S2. The monoisotopic (exact) mass is 288 g/mol. The number of hydrogen-bond donors (Lipinski definition) is 0. The second-order valence-corrected chi connectivity index (χ2v) is 7.44. The summed E-state index contributed by atoms with van der Waals surface area (Å²) >= 11 is 1.69. The molecule has 0 radical (unpaired) electrons. The SMILES string of the molecule is CS(=O)(=O)c1cccc(-c2ccc3ccsc3c2)c1. The van der Waals surface area contributed by atoms with Gasteiger partial charge in [-0.3, -0.25) is 0 Å². The first-order valence-electron chi connectivity index (χ1n) is 5.82. The van der Waals surface area contributed by atoms with Crippen molar-refractivity contribution in [3.8, 4) is 11.1 Å². The van der Waals surface area contributed by atoms with Crippen LogP contribution in [0.2, 0.25) is 0 Å². The highest BCUT2D eigenvalue weighted by Gasteiger charge is 2.08. The molecule has 1 aromatic heterocycles. The van der Waals surface area contributed by atoms with E-state index in [9.17, 15) is 8.42 Å². The molecule has 2 aromatic carbocycles. The van der Waals surface area contributed by atoms with Gasteiger partial charge in [0.05, 0.1) is 4.90 Å². The molecule has 0 N–H and O–H groups in total. The van der Waals surface area contributed by atoms with Crippen LogP contribution < -0.4 is 0 Å². The van der Waals surface area contributed by atoms with Gasteiger partial charge in [0.2, 0.25) is 0 Å². The Morgan fingerprint density at radius 2 is 1.74 bits per heavy atom. The molecule has 19 heavy (non-hydrogen) atoms. The van der Waals surface area contributed by atoms with Crippen LogP contribution in [-0.2, 0) is 9.84 Å². The molecular weight excluding hydrogens is 276 g/mol. The van der Waals surface area contributed by atoms with Gasteiger partial charge in [-0.25, -0.2) is 8.42 Å². The van der Waals surface area contributed by atoms with Crippen molar-refractivity contribution >= 4 is 31.3 Å². The minimum Gasteiger partial charge on any atom is -0.224 e. The lowest BCUT2D eigenvalue weighted by Crippen LogP contribution is -1.96. The lowest BCUT2D eigenvalue weighted by atomic mass is 10.1. The van der Waals surface area contributed by atoms with E-state index in [0.717, 1.165) is 11.1 Å². The number of sulfone groups is 1. The van der Waals surface area contributed by atoms with Crippen LogP contribution in [0.5, 0.6) is 0 Å². The molecule has 0 saturated heterocycles. The number of thiophene rings is 1. The third kappa shape index (κ3) is 2.41. The van der Waals surface area contributed by atoms with Gasteiger partial charge in [0.1, 0.15) is 0 Å². The first-order valence-corrected chi connectivity index (χ1v) is 8.59. The van der Waals surface area contributed by atoms with Crippen LogP contribution in [0.25, 0.3) is 21.2 Å². The van der Waals surface area contributed by atoms with E-state index in [2.05, 4.69) is 23.6 Å². The quantitative estimate of drug-likeness (QED) is 0.715. The maximum atomic E-state index is 11.6. The number of fused-ring (bicyclic) bond motifs is 1. The van der Waals surface area contributed by atoms with Gasteiger partial charge in [-0.2, -0.15) is 0 Å². The van der Waals surface area contributed by atoms with Gasteiger partial charge < -0.3 is 0 Å².